The zero-order valence-corrected chi connectivity index (χ0v) is 11.7. The van der Waals surface area contributed by atoms with Gasteiger partial charge < -0.3 is 5.11 Å². The Morgan fingerprint density at radius 2 is 1.83 bits per heavy atom. The van der Waals surface area contributed by atoms with Crippen molar-refractivity contribution >= 4 is 27.5 Å². The summed E-state index contributed by atoms with van der Waals surface area (Å²) in [5.41, 5.74) is 1.66. The molecule has 0 heterocycles. The first-order valence-electron chi connectivity index (χ1n) is 5.44. The van der Waals surface area contributed by atoms with E-state index in [1.165, 1.54) is 12.1 Å². The van der Waals surface area contributed by atoms with Gasteiger partial charge in [0, 0.05) is 10.9 Å². The van der Waals surface area contributed by atoms with Crippen molar-refractivity contribution in [2.75, 3.05) is 0 Å². The maximum absolute atomic E-state index is 12.8. The summed E-state index contributed by atoms with van der Waals surface area (Å²) in [6, 6.07) is 11.4. The highest BCUT2D eigenvalue weighted by Crippen LogP contribution is 2.27. The van der Waals surface area contributed by atoms with E-state index >= 15 is 0 Å². The molecule has 2 rings (SSSR count). The Hall–Kier alpha value is -0.900. The van der Waals surface area contributed by atoms with Gasteiger partial charge in [-0.2, -0.15) is 0 Å². The Labute approximate surface area is 118 Å². The third-order valence-corrected chi connectivity index (χ3v) is 3.88. The number of aliphatic hydroxyl groups excluding tert-OH is 1. The van der Waals surface area contributed by atoms with Crippen LogP contribution in [0.4, 0.5) is 4.39 Å². The maximum Gasteiger partial charge on any atom is 0.123 e. The van der Waals surface area contributed by atoms with Gasteiger partial charge in [0.1, 0.15) is 5.82 Å². The van der Waals surface area contributed by atoms with Gasteiger partial charge in [-0.15, -0.1) is 0 Å². The topological polar surface area (TPSA) is 20.2 Å². The van der Waals surface area contributed by atoms with Gasteiger partial charge in [0.2, 0.25) is 0 Å². The average molecular weight is 330 g/mol. The van der Waals surface area contributed by atoms with Crippen LogP contribution in [0.1, 0.15) is 17.2 Å². The Balaban J connectivity index is 2.13. The van der Waals surface area contributed by atoms with Gasteiger partial charge in [0.15, 0.2) is 0 Å². The van der Waals surface area contributed by atoms with Gasteiger partial charge >= 0.3 is 0 Å². The molecule has 1 N–H and O–H groups in total. The molecule has 2 aromatic carbocycles. The smallest absolute Gasteiger partial charge is 0.123 e. The first-order valence-corrected chi connectivity index (χ1v) is 6.61. The predicted molar refractivity (Wildman–Crippen MR) is 74.2 cm³/mol. The molecule has 0 aliphatic rings. The molecule has 0 aromatic heterocycles. The molecule has 0 saturated heterocycles. The average Bonchev–Trinajstić information content (AvgIpc) is 2.35. The lowest BCUT2D eigenvalue weighted by Gasteiger charge is -2.12. The monoisotopic (exact) mass is 328 g/mol. The molecule has 94 valence electrons. The van der Waals surface area contributed by atoms with Crippen LogP contribution < -0.4 is 0 Å². The molecule has 0 spiro atoms. The second-order valence-corrected chi connectivity index (χ2v) is 5.28. The molecule has 0 saturated carbocycles. The van der Waals surface area contributed by atoms with Crippen molar-refractivity contribution < 1.29 is 9.50 Å². The van der Waals surface area contributed by atoms with Crippen molar-refractivity contribution in [2.45, 2.75) is 12.5 Å². The van der Waals surface area contributed by atoms with Gasteiger partial charge in [0.25, 0.3) is 0 Å². The predicted octanol–water partition coefficient (Wildman–Crippen LogP) is 4.52. The molecule has 0 aliphatic carbocycles. The molecule has 0 fully saturated rings. The minimum atomic E-state index is -0.635. The highest BCUT2D eigenvalue weighted by Gasteiger charge is 2.10. The summed E-state index contributed by atoms with van der Waals surface area (Å²) in [6.45, 7) is 0. The SMILES string of the molecule is OC(Cc1ccc(F)cc1)c1ccc(Cl)c(Br)c1. The fourth-order valence-corrected chi connectivity index (χ4v) is 2.20. The van der Waals surface area contributed by atoms with Gasteiger partial charge in [-0.25, -0.2) is 4.39 Å². The molecule has 1 atom stereocenters. The molecule has 4 heteroatoms. The summed E-state index contributed by atoms with van der Waals surface area (Å²) >= 11 is 9.21. The normalized spacial score (nSPS) is 12.4. The number of aliphatic hydroxyl groups is 1. The zero-order valence-electron chi connectivity index (χ0n) is 9.41. The van der Waals surface area contributed by atoms with E-state index in [0.29, 0.717) is 11.4 Å². The van der Waals surface area contributed by atoms with Gasteiger partial charge in [-0.3, -0.25) is 0 Å². The highest BCUT2D eigenvalue weighted by atomic mass is 79.9. The quantitative estimate of drug-likeness (QED) is 0.878. The number of hydrogen-bond donors (Lipinski definition) is 1. The molecule has 1 unspecified atom stereocenters. The van der Waals surface area contributed by atoms with Crippen LogP contribution in [0.15, 0.2) is 46.9 Å². The summed E-state index contributed by atoms with van der Waals surface area (Å²) in [4.78, 5) is 0. The fraction of sp³-hybridized carbons (Fsp3) is 0.143. The lowest BCUT2D eigenvalue weighted by Crippen LogP contribution is -2.01. The number of benzene rings is 2. The van der Waals surface area contributed by atoms with Crippen LogP contribution >= 0.6 is 27.5 Å². The number of halogens is 3. The van der Waals surface area contributed by atoms with Crippen LogP contribution in [0.25, 0.3) is 0 Å². The first kappa shape index (κ1) is 13.5. The molecular formula is C14H11BrClFO. The van der Waals surface area contributed by atoms with Crippen molar-refractivity contribution in [3.63, 3.8) is 0 Å². The lowest BCUT2D eigenvalue weighted by molar-refractivity contribution is 0.178. The number of hydrogen-bond acceptors (Lipinski definition) is 1. The van der Waals surface area contributed by atoms with Crippen molar-refractivity contribution in [1.29, 1.82) is 0 Å². The third-order valence-electron chi connectivity index (χ3n) is 2.67. The number of rotatable bonds is 3. The molecule has 0 amide bonds. The van der Waals surface area contributed by atoms with Crippen molar-refractivity contribution in [2.24, 2.45) is 0 Å². The van der Waals surface area contributed by atoms with Crippen molar-refractivity contribution in [1.82, 2.24) is 0 Å². The van der Waals surface area contributed by atoms with Crippen LogP contribution in [-0.4, -0.2) is 5.11 Å². The van der Waals surface area contributed by atoms with Crippen LogP contribution in [-0.2, 0) is 6.42 Å². The summed E-state index contributed by atoms with van der Waals surface area (Å²) in [7, 11) is 0. The lowest BCUT2D eigenvalue weighted by atomic mass is 10.0. The minimum Gasteiger partial charge on any atom is -0.388 e. The van der Waals surface area contributed by atoms with E-state index < -0.39 is 6.10 Å². The summed E-state index contributed by atoms with van der Waals surface area (Å²) < 4.78 is 13.5. The van der Waals surface area contributed by atoms with E-state index in [9.17, 15) is 9.50 Å². The van der Waals surface area contributed by atoms with E-state index in [0.717, 1.165) is 15.6 Å². The van der Waals surface area contributed by atoms with Crippen molar-refractivity contribution in [3.8, 4) is 0 Å². The Bertz CT molecular complexity index is 542. The minimum absolute atomic E-state index is 0.275. The van der Waals surface area contributed by atoms with Gasteiger partial charge in [-0.05, 0) is 51.3 Å². The van der Waals surface area contributed by atoms with E-state index in [2.05, 4.69) is 15.9 Å². The second-order valence-electron chi connectivity index (χ2n) is 4.02. The largest absolute Gasteiger partial charge is 0.388 e. The van der Waals surface area contributed by atoms with Gasteiger partial charge in [0.05, 0.1) is 11.1 Å². The molecular weight excluding hydrogens is 319 g/mol. The van der Waals surface area contributed by atoms with E-state index in [4.69, 9.17) is 11.6 Å². The standard InChI is InChI=1S/C14H11BrClFO/c15-12-8-10(3-6-13(12)16)14(18)7-9-1-4-11(17)5-2-9/h1-6,8,14,18H,7H2. The molecule has 0 aliphatic heterocycles. The highest BCUT2D eigenvalue weighted by molar-refractivity contribution is 9.10. The zero-order chi connectivity index (χ0) is 13.1. The van der Waals surface area contributed by atoms with E-state index in [-0.39, 0.29) is 5.82 Å². The summed E-state index contributed by atoms with van der Waals surface area (Å²) in [5.74, 6) is -0.275. The molecule has 0 radical (unpaired) electrons. The fourth-order valence-electron chi connectivity index (χ4n) is 1.68. The van der Waals surface area contributed by atoms with Crippen LogP contribution in [0.5, 0.6) is 0 Å². The van der Waals surface area contributed by atoms with Crippen LogP contribution in [0.3, 0.4) is 0 Å². The molecule has 0 bridgehead atoms. The van der Waals surface area contributed by atoms with Crippen LogP contribution in [0, 0.1) is 5.82 Å². The Morgan fingerprint density at radius 3 is 2.44 bits per heavy atom. The second kappa shape index (κ2) is 5.83. The molecule has 2 aromatic rings. The maximum atomic E-state index is 12.8. The first-order chi connectivity index (χ1) is 8.56. The Kier molecular flexibility index (Phi) is 4.38. The Morgan fingerprint density at radius 1 is 1.17 bits per heavy atom. The van der Waals surface area contributed by atoms with E-state index in [1.54, 1.807) is 30.3 Å². The van der Waals surface area contributed by atoms with Gasteiger partial charge in [-0.1, -0.05) is 29.8 Å². The molecule has 18 heavy (non-hydrogen) atoms. The third kappa shape index (κ3) is 3.31. The summed E-state index contributed by atoms with van der Waals surface area (Å²) in [6.07, 6.45) is -0.196. The van der Waals surface area contributed by atoms with Crippen molar-refractivity contribution in [3.05, 3.63) is 68.9 Å². The molecule has 1 nitrogen and oxygen atoms in total. The summed E-state index contributed by atoms with van der Waals surface area (Å²) in [5, 5.41) is 10.7. The van der Waals surface area contributed by atoms with E-state index in [1.807, 2.05) is 0 Å². The van der Waals surface area contributed by atoms with Crippen LogP contribution in [0.2, 0.25) is 5.02 Å².